The summed E-state index contributed by atoms with van der Waals surface area (Å²) in [4.78, 5) is 15.4. The Kier molecular flexibility index (Phi) is 8.87. The van der Waals surface area contributed by atoms with E-state index in [0.29, 0.717) is 22.8 Å². The number of benzene rings is 3. The second-order valence-corrected chi connectivity index (χ2v) is 11.5. The van der Waals surface area contributed by atoms with Crippen molar-refractivity contribution < 1.29 is 17.9 Å². The van der Waals surface area contributed by atoms with Gasteiger partial charge in [0, 0.05) is 31.2 Å². The number of sulfonamides is 1. The Labute approximate surface area is 224 Å². The van der Waals surface area contributed by atoms with E-state index in [2.05, 4.69) is 22.3 Å². The highest BCUT2D eigenvalue weighted by molar-refractivity contribution is 7.92. The maximum Gasteiger partial charge on any atom is 0.264 e. The third kappa shape index (κ3) is 6.90. The first-order chi connectivity index (χ1) is 17.7. The summed E-state index contributed by atoms with van der Waals surface area (Å²) < 4.78 is 33.7. The van der Waals surface area contributed by atoms with Gasteiger partial charge in [0.25, 0.3) is 10.0 Å². The first-order valence-electron chi connectivity index (χ1n) is 12.2. The van der Waals surface area contributed by atoms with E-state index >= 15 is 0 Å². The van der Waals surface area contributed by atoms with Crippen LogP contribution in [0.1, 0.15) is 22.3 Å². The van der Waals surface area contributed by atoms with Gasteiger partial charge in [0.05, 0.1) is 23.8 Å². The molecule has 0 atom stereocenters. The van der Waals surface area contributed by atoms with Gasteiger partial charge in [0.15, 0.2) is 0 Å². The van der Waals surface area contributed by atoms with E-state index in [1.54, 1.807) is 49.4 Å². The van der Waals surface area contributed by atoms with Gasteiger partial charge in [0.2, 0.25) is 5.91 Å². The van der Waals surface area contributed by atoms with Gasteiger partial charge in [0.1, 0.15) is 6.54 Å². The summed E-state index contributed by atoms with van der Waals surface area (Å²) in [5.41, 5.74) is 4.03. The summed E-state index contributed by atoms with van der Waals surface area (Å²) in [6, 6.07) is 19.7. The normalized spacial score (nSPS) is 14.4. The molecule has 1 fully saturated rings. The number of ether oxygens (including phenoxy) is 1. The number of carbonyl (C=O) groups excluding carboxylic acids is 1. The zero-order valence-electron chi connectivity index (χ0n) is 21.1. The first kappa shape index (κ1) is 27.1. The van der Waals surface area contributed by atoms with Gasteiger partial charge in [-0.2, -0.15) is 0 Å². The Balaban J connectivity index is 1.46. The topological polar surface area (TPSA) is 79.0 Å². The Morgan fingerprint density at radius 2 is 1.62 bits per heavy atom. The third-order valence-electron chi connectivity index (χ3n) is 6.43. The van der Waals surface area contributed by atoms with Crippen LogP contribution in [0, 0.1) is 13.8 Å². The average molecular weight is 542 g/mol. The molecule has 1 aliphatic heterocycles. The van der Waals surface area contributed by atoms with Crippen LogP contribution in [-0.2, 0) is 32.6 Å². The van der Waals surface area contributed by atoms with Gasteiger partial charge in [-0.3, -0.25) is 14.0 Å². The van der Waals surface area contributed by atoms with Crippen LogP contribution in [0.5, 0.6) is 0 Å². The van der Waals surface area contributed by atoms with Crippen molar-refractivity contribution in [2.24, 2.45) is 0 Å². The molecule has 196 valence electrons. The lowest BCUT2D eigenvalue weighted by molar-refractivity contribution is -0.119. The number of nitrogens with zero attached hydrogens (tertiary/aromatic N) is 2. The molecule has 4 rings (SSSR count). The molecule has 3 aromatic rings. The van der Waals surface area contributed by atoms with Gasteiger partial charge in [-0.1, -0.05) is 59.6 Å². The molecular weight excluding hydrogens is 510 g/mol. The van der Waals surface area contributed by atoms with Crippen LogP contribution in [0.3, 0.4) is 0 Å². The van der Waals surface area contributed by atoms with Crippen molar-refractivity contribution >= 4 is 33.2 Å². The van der Waals surface area contributed by atoms with Crippen molar-refractivity contribution in [3.8, 4) is 0 Å². The second kappa shape index (κ2) is 12.1. The van der Waals surface area contributed by atoms with Crippen molar-refractivity contribution in [2.45, 2.75) is 31.8 Å². The van der Waals surface area contributed by atoms with Gasteiger partial charge in [-0.15, -0.1) is 0 Å². The maximum atomic E-state index is 13.6. The molecule has 0 unspecified atom stereocenters. The van der Waals surface area contributed by atoms with Gasteiger partial charge >= 0.3 is 0 Å². The van der Waals surface area contributed by atoms with Crippen LogP contribution < -0.4 is 9.62 Å². The van der Waals surface area contributed by atoms with Gasteiger partial charge in [-0.25, -0.2) is 8.42 Å². The van der Waals surface area contributed by atoms with E-state index in [9.17, 15) is 13.2 Å². The van der Waals surface area contributed by atoms with Gasteiger partial charge < -0.3 is 10.1 Å². The Morgan fingerprint density at radius 1 is 0.973 bits per heavy atom. The highest BCUT2D eigenvalue weighted by atomic mass is 35.5. The number of amides is 1. The van der Waals surface area contributed by atoms with Crippen molar-refractivity contribution in [1.82, 2.24) is 10.2 Å². The van der Waals surface area contributed by atoms with Crippen LogP contribution >= 0.6 is 11.6 Å². The van der Waals surface area contributed by atoms with E-state index in [-0.39, 0.29) is 11.4 Å². The monoisotopic (exact) mass is 541 g/mol. The van der Waals surface area contributed by atoms with Crippen LogP contribution in [0.25, 0.3) is 0 Å². The molecular formula is C28H32ClN3O4S. The quantitative estimate of drug-likeness (QED) is 0.437. The fourth-order valence-corrected chi connectivity index (χ4v) is 5.82. The predicted octanol–water partition coefficient (Wildman–Crippen LogP) is 4.30. The highest BCUT2D eigenvalue weighted by Gasteiger charge is 2.28. The van der Waals surface area contributed by atoms with Crippen molar-refractivity contribution in [2.75, 3.05) is 37.2 Å². The maximum absolute atomic E-state index is 13.6. The van der Waals surface area contributed by atoms with Crippen molar-refractivity contribution in [3.05, 3.63) is 94.0 Å². The first-order valence-corrected chi connectivity index (χ1v) is 14.0. The van der Waals surface area contributed by atoms with E-state index in [4.69, 9.17) is 16.3 Å². The molecule has 9 heteroatoms. The zero-order chi connectivity index (χ0) is 26.4. The molecule has 0 aromatic heterocycles. The smallest absolute Gasteiger partial charge is 0.264 e. The minimum absolute atomic E-state index is 0.112. The Hall–Kier alpha value is -2.91. The molecule has 3 aromatic carbocycles. The van der Waals surface area contributed by atoms with E-state index in [1.165, 1.54) is 5.56 Å². The number of anilines is 1. The number of nitrogens with one attached hydrogen (secondary N) is 1. The Bertz CT molecular complexity index is 1320. The van der Waals surface area contributed by atoms with Crippen LogP contribution in [0.15, 0.2) is 71.6 Å². The minimum Gasteiger partial charge on any atom is -0.379 e. The summed E-state index contributed by atoms with van der Waals surface area (Å²) in [6.45, 7) is 7.78. The SMILES string of the molecule is Cc1ccc(S(=O)(=O)N(CC(=O)NCc2ccc(CN3CCOCC3)cc2)c2cccc(Cl)c2C)cc1. The average Bonchev–Trinajstić information content (AvgIpc) is 2.89. The zero-order valence-corrected chi connectivity index (χ0v) is 22.7. The van der Waals surface area contributed by atoms with E-state index < -0.39 is 15.9 Å². The summed E-state index contributed by atoms with van der Waals surface area (Å²) in [7, 11) is -4.01. The lowest BCUT2D eigenvalue weighted by atomic mass is 10.1. The van der Waals surface area contributed by atoms with Crippen molar-refractivity contribution in [3.63, 3.8) is 0 Å². The summed E-state index contributed by atoms with van der Waals surface area (Å²) in [6.07, 6.45) is 0. The number of morpholine rings is 1. The van der Waals surface area contributed by atoms with Crippen LogP contribution in [-0.4, -0.2) is 52.1 Å². The molecule has 1 N–H and O–H groups in total. The van der Waals surface area contributed by atoms with E-state index in [1.807, 2.05) is 19.1 Å². The Morgan fingerprint density at radius 3 is 2.30 bits per heavy atom. The molecule has 7 nitrogen and oxygen atoms in total. The fraction of sp³-hybridized carbons (Fsp3) is 0.321. The molecule has 0 radical (unpaired) electrons. The number of hydrogen-bond acceptors (Lipinski definition) is 5. The van der Waals surface area contributed by atoms with E-state index in [0.717, 1.165) is 48.3 Å². The summed E-state index contributed by atoms with van der Waals surface area (Å²) in [5, 5.41) is 3.29. The highest BCUT2D eigenvalue weighted by Crippen LogP contribution is 2.30. The molecule has 0 saturated carbocycles. The standard InChI is InChI=1S/C28H32ClN3O4S/c1-21-6-12-25(13-7-21)37(34,35)32(27-5-3-4-26(29)22(27)2)20-28(33)30-18-23-8-10-24(11-9-23)19-31-14-16-36-17-15-31/h3-13H,14-20H2,1-2H3,(H,30,33). The number of halogens is 1. The molecule has 1 amide bonds. The molecule has 0 aliphatic carbocycles. The minimum atomic E-state index is -4.01. The number of aryl methyl sites for hydroxylation is 1. The fourth-order valence-electron chi connectivity index (χ4n) is 4.17. The predicted molar refractivity (Wildman–Crippen MR) is 146 cm³/mol. The number of rotatable bonds is 9. The second-order valence-electron chi connectivity index (χ2n) is 9.19. The van der Waals surface area contributed by atoms with Crippen LogP contribution in [0.4, 0.5) is 5.69 Å². The molecule has 1 saturated heterocycles. The summed E-state index contributed by atoms with van der Waals surface area (Å²) in [5.74, 6) is -0.410. The lowest BCUT2D eigenvalue weighted by Gasteiger charge is -2.26. The van der Waals surface area contributed by atoms with Crippen LogP contribution in [0.2, 0.25) is 5.02 Å². The molecule has 0 spiro atoms. The molecule has 0 bridgehead atoms. The molecule has 1 aliphatic rings. The lowest BCUT2D eigenvalue weighted by Crippen LogP contribution is -2.41. The third-order valence-corrected chi connectivity index (χ3v) is 8.61. The summed E-state index contributed by atoms with van der Waals surface area (Å²) >= 11 is 6.30. The van der Waals surface area contributed by atoms with Crippen molar-refractivity contribution in [1.29, 1.82) is 0 Å². The largest absolute Gasteiger partial charge is 0.379 e. The van der Waals surface area contributed by atoms with Gasteiger partial charge in [-0.05, 0) is 54.8 Å². The number of hydrogen-bond donors (Lipinski definition) is 1. The molecule has 1 heterocycles. The molecule has 37 heavy (non-hydrogen) atoms. The number of carbonyl (C=O) groups is 1.